The number of carbonyl (C=O) groups is 1. The summed E-state index contributed by atoms with van der Waals surface area (Å²) in [5.41, 5.74) is 15.7. The van der Waals surface area contributed by atoms with Gasteiger partial charge >= 0.3 is 0 Å². The molecule has 0 aliphatic carbocycles. The molecule has 2 aromatic heterocycles. The number of H-pyrrole nitrogens is 1. The maximum absolute atomic E-state index is 13.1. The Morgan fingerprint density at radius 1 is 1.10 bits per heavy atom. The second-order valence-electron chi connectivity index (χ2n) is 8.21. The summed E-state index contributed by atoms with van der Waals surface area (Å²) in [6, 6.07) is 10.0. The summed E-state index contributed by atoms with van der Waals surface area (Å²) in [5.74, 6) is 1.64. The average molecular weight is 414 g/mol. The van der Waals surface area contributed by atoms with E-state index in [0.29, 0.717) is 39.4 Å². The van der Waals surface area contributed by atoms with Crippen molar-refractivity contribution in [3.63, 3.8) is 0 Å². The number of nitrogens with zero attached hydrogens (tertiary/aromatic N) is 4. The van der Waals surface area contributed by atoms with Gasteiger partial charge in [-0.1, -0.05) is 17.7 Å². The predicted octanol–water partition coefficient (Wildman–Crippen LogP) is 2.60. The summed E-state index contributed by atoms with van der Waals surface area (Å²) in [4.78, 5) is 24.5. The van der Waals surface area contributed by atoms with Gasteiger partial charge in [-0.2, -0.15) is 5.26 Å². The number of nitrogens with one attached hydrogen (secondary N) is 1. The molecule has 2 aliphatic heterocycles. The van der Waals surface area contributed by atoms with Gasteiger partial charge in [0.05, 0.1) is 30.6 Å². The van der Waals surface area contributed by atoms with Crippen LogP contribution in [0.3, 0.4) is 0 Å². The van der Waals surface area contributed by atoms with Crippen molar-refractivity contribution in [1.29, 1.82) is 5.26 Å². The molecule has 1 fully saturated rings. The van der Waals surface area contributed by atoms with Gasteiger partial charge in [0.1, 0.15) is 23.3 Å². The van der Waals surface area contributed by atoms with Crippen LogP contribution in [0.2, 0.25) is 0 Å². The SMILES string of the molecule is Cc1ccc(N2C(=O)Cc3c2nc(N)c2c(N)[nH+]c(N4CCCCC4)c(C#N)c32)cc1. The van der Waals surface area contributed by atoms with Crippen molar-refractivity contribution in [2.75, 3.05) is 34.4 Å². The van der Waals surface area contributed by atoms with E-state index in [0.717, 1.165) is 37.2 Å². The van der Waals surface area contributed by atoms with Crippen LogP contribution >= 0.6 is 0 Å². The lowest BCUT2D eigenvalue weighted by atomic mass is 9.99. The summed E-state index contributed by atoms with van der Waals surface area (Å²) in [7, 11) is 0. The number of hydrogen-bond donors (Lipinski definition) is 2. The van der Waals surface area contributed by atoms with E-state index in [1.54, 1.807) is 4.90 Å². The molecule has 1 aromatic carbocycles. The standard InChI is InChI=1S/C23H23N7O/c1-13-5-7-14(8-6-13)30-17(31)11-15-18-16(12-24)22(29-9-3-2-4-10-29)27-20(25)19(18)21(26)28-23(15)30/h5-8H,2-4,9-11H2,1H3,(H2,25,27)(H2,26,28)/p+1. The average Bonchev–Trinajstić information content (AvgIpc) is 3.10. The first-order chi connectivity index (χ1) is 15.0. The molecule has 0 spiro atoms. The maximum atomic E-state index is 13.1. The van der Waals surface area contributed by atoms with Crippen LogP contribution in [0.1, 0.15) is 36.0 Å². The molecule has 8 nitrogen and oxygen atoms in total. The lowest BCUT2D eigenvalue weighted by Gasteiger charge is -2.25. The molecule has 156 valence electrons. The number of aryl methyl sites for hydroxylation is 1. The van der Waals surface area contributed by atoms with Crippen molar-refractivity contribution in [2.45, 2.75) is 32.6 Å². The summed E-state index contributed by atoms with van der Waals surface area (Å²) < 4.78 is 0. The summed E-state index contributed by atoms with van der Waals surface area (Å²) in [5, 5.41) is 11.3. The lowest BCUT2D eigenvalue weighted by Crippen LogP contribution is -2.36. The smallest absolute Gasteiger partial charge is 0.240 e. The van der Waals surface area contributed by atoms with Gasteiger partial charge in [0.25, 0.3) is 0 Å². The van der Waals surface area contributed by atoms with Gasteiger partial charge in [-0.15, -0.1) is 0 Å². The first kappa shape index (κ1) is 19.1. The minimum absolute atomic E-state index is 0.104. The number of nitrogens with two attached hydrogens (primary N) is 2. The number of fused-ring (bicyclic) bond motifs is 3. The number of amides is 1. The fourth-order valence-corrected chi connectivity index (χ4v) is 4.67. The van der Waals surface area contributed by atoms with Crippen LogP contribution in [0, 0.1) is 18.3 Å². The third kappa shape index (κ3) is 2.93. The van der Waals surface area contributed by atoms with Crippen molar-refractivity contribution in [3.8, 4) is 6.07 Å². The van der Waals surface area contributed by atoms with Gasteiger partial charge in [0, 0.05) is 10.9 Å². The highest BCUT2D eigenvalue weighted by Gasteiger charge is 2.36. The largest absolute Gasteiger partial charge is 0.383 e. The molecule has 0 atom stereocenters. The number of benzene rings is 1. The number of carbonyl (C=O) groups excluding carboxylic acids is 1. The molecule has 0 saturated carbocycles. The number of hydrogen-bond acceptors (Lipinski definition) is 6. The Bertz CT molecular complexity index is 1250. The number of piperidine rings is 1. The maximum Gasteiger partial charge on any atom is 0.240 e. The molecule has 5 N–H and O–H groups in total. The molecule has 4 heterocycles. The highest BCUT2D eigenvalue weighted by molar-refractivity contribution is 6.15. The highest BCUT2D eigenvalue weighted by atomic mass is 16.2. The van der Waals surface area contributed by atoms with Crippen LogP contribution in [0.4, 0.5) is 29.0 Å². The lowest BCUT2D eigenvalue weighted by molar-refractivity contribution is -0.345. The number of aromatic nitrogens is 2. The van der Waals surface area contributed by atoms with Gasteiger partial charge in [0.2, 0.25) is 17.5 Å². The van der Waals surface area contributed by atoms with E-state index in [1.807, 2.05) is 31.2 Å². The monoisotopic (exact) mass is 414 g/mol. The van der Waals surface area contributed by atoms with Gasteiger partial charge in [-0.05, 0) is 38.3 Å². The molecular weight excluding hydrogens is 390 g/mol. The van der Waals surface area contributed by atoms with Crippen LogP contribution in [0.15, 0.2) is 24.3 Å². The van der Waals surface area contributed by atoms with E-state index in [-0.39, 0.29) is 18.1 Å². The summed E-state index contributed by atoms with van der Waals surface area (Å²) >= 11 is 0. The highest BCUT2D eigenvalue weighted by Crippen LogP contribution is 2.43. The molecule has 3 aromatic rings. The second-order valence-corrected chi connectivity index (χ2v) is 8.21. The van der Waals surface area contributed by atoms with Gasteiger partial charge in [0.15, 0.2) is 0 Å². The Labute approximate surface area is 180 Å². The van der Waals surface area contributed by atoms with Gasteiger partial charge in [-0.25, -0.2) is 9.97 Å². The molecule has 5 rings (SSSR count). The Balaban J connectivity index is 1.78. The Morgan fingerprint density at radius 3 is 2.48 bits per heavy atom. The third-order valence-electron chi connectivity index (χ3n) is 6.18. The summed E-state index contributed by atoms with van der Waals surface area (Å²) in [6.07, 6.45) is 3.44. The van der Waals surface area contributed by atoms with E-state index < -0.39 is 0 Å². The molecule has 0 radical (unpaired) electrons. The molecule has 0 unspecified atom stereocenters. The van der Waals surface area contributed by atoms with Crippen LogP contribution in [-0.2, 0) is 11.2 Å². The minimum Gasteiger partial charge on any atom is -0.383 e. The van der Waals surface area contributed by atoms with Crippen molar-refractivity contribution in [1.82, 2.24) is 4.98 Å². The van der Waals surface area contributed by atoms with Gasteiger partial charge < -0.3 is 11.5 Å². The van der Waals surface area contributed by atoms with Crippen molar-refractivity contribution in [2.24, 2.45) is 0 Å². The van der Waals surface area contributed by atoms with E-state index in [1.165, 1.54) is 6.42 Å². The molecule has 0 bridgehead atoms. The Morgan fingerprint density at radius 2 is 1.81 bits per heavy atom. The zero-order valence-electron chi connectivity index (χ0n) is 17.4. The van der Waals surface area contributed by atoms with Crippen molar-refractivity contribution in [3.05, 3.63) is 41.0 Å². The van der Waals surface area contributed by atoms with E-state index in [9.17, 15) is 10.1 Å². The number of anilines is 5. The number of pyridine rings is 2. The number of rotatable bonds is 2. The predicted molar refractivity (Wildman–Crippen MR) is 120 cm³/mol. The normalized spacial score (nSPS) is 15.9. The molecule has 31 heavy (non-hydrogen) atoms. The topological polar surface area (TPSA) is 126 Å². The summed E-state index contributed by atoms with van der Waals surface area (Å²) in [6.45, 7) is 3.70. The molecule has 2 aliphatic rings. The van der Waals surface area contributed by atoms with E-state index in [4.69, 9.17) is 11.5 Å². The van der Waals surface area contributed by atoms with Crippen molar-refractivity contribution < 1.29 is 9.78 Å². The molecular formula is C23H24N7O+. The molecule has 1 amide bonds. The fourth-order valence-electron chi connectivity index (χ4n) is 4.67. The van der Waals surface area contributed by atoms with E-state index in [2.05, 4.69) is 20.9 Å². The zero-order valence-corrected chi connectivity index (χ0v) is 17.4. The number of nitrogen functional groups attached to an aromatic ring is 2. The number of nitriles is 1. The van der Waals surface area contributed by atoms with Crippen LogP contribution in [-0.4, -0.2) is 24.0 Å². The quantitative estimate of drug-likeness (QED) is 0.664. The minimum atomic E-state index is -0.104. The van der Waals surface area contributed by atoms with Crippen LogP contribution in [0.25, 0.3) is 10.8 Å². The fraction of sp³-hybridized carbons (Fsp3) is 0.304. The Kier molecular flexibility index (Phi) is 4.40. The van der Waals surface area contributed by atoms with Crippen LogP contribution < -0.4 is 26.3 Å². The van der Waals surface area contributed by atoms with Gasteiger partial charge in [-0.3, -0.25) is 14.6 Å². The van der Waals surface area contributed by atoms with Crippen molar-refractivity contribution >= 4 is 45.6 Å². The zero-order chi connectivity index (χ0) is 21.7. The first-order valence-corrected chi connectivity index (χ1v) is 10.5. The number of aromatic amines is 1. The second kappa shape index (κ2) is 7.13. The van der Waals surface area contributed by atoms with Crippen LogP contribution in [0.5, 0.6) is 0 Å². The first-order valence-electron chi connectivity index (χ1n) is 10.5. The Hall–Kier alpha value is -3.86. The molecule has 8 heteroatoms. The van der Waals surface area contributed by atoms with E-state index >= 15 is 0 Å². The molecule has 1 saturated heterocycles. The third-order valence-corrected chi connectivity index (χ3v) is 6.18.